The van der Waals surface area contributed by atoms with Crippen LogP contribution in [-0.4, -0.2) is 62.0 Å². The van der Waals surface area contributed by atoms with Gasteiger partial charge >= 0.3 is 0 Å². The van der Waals surface area contributed by atoms with E-state index >= 15 is 0 Å². The molecular weight excluding hydrogens is 346 g/mol. The summed E-state index contributed by atoms with van der Waals surface area (Å²) in [5, 5.41) is 3.21. The summed E-state index contributed by atoms with van der Waals surface area (Å²) >= 11 is 0. The second kappa shape index (κ2) is 8.46. The minimum absolute atomic E-state index is 0.0286. The molecule has 1 N–H and O–H groups in total. The van der Waals surface area contributed by atoms with Gasteiger partial charge in [-0.2, -0.15) is 0 Å². The summed E-state index contributed by atoms with van der Waals surface area (Å²) in [7, 11) is 2.18. The average molecular weight is 378 g/mol. The van der Waals surface area contributed by atoms with Crippen LogP contribution in [0.3, 0.4) is 0 Å². The molecule has 4 heteroatoms. The third kappa shape index (κ3) is 3.98. The Morgan fingerprint density at radius 1 is 0.964 bits per heavy atom. The molecule has 1 unspecified atom stereocenters. The van der Waals surface area contributed by atoms with E-state index in [-0.39, 0.29) is 17.2 Å². The Hall–Kier alpha value is -2.17. The van der Waals surface area contributed by atoms with Gasteiger partial charge in [-0.15, -0.1) is 0 Å². The molecule has 1 aliphatic heterocycles. The van der Waals surface area contributed by atoms with Gasteiger partial charge < -0.3 is 15.1 Å². The second-order valence-electron chi connectivity index (χ2n) is 8.25. The smallest absolute Gasteiger partial charge is 0.224 e. The van der Waals surface area contributed by atoms with Gasteiger partial charge in [0, 0.05) is 38.1 Å². The monoisotopic (exact) mass is 377 g/mol. The Bertz CT molecular complexity index is 729. The first-order chi connectivity index (χ1) is 13.7. The number of piperazine rings is 1. The lowest BCUT2D eigenvalue weighted by atomic mass is 9.85. The maximum atomic E-state index is 12.9. The summed E-state index contributed by atoms with van der Waals surface area (Å²) in [6.07, 6.45) is 1.91. The lowest BCUT2D eigenvalue weighted by Gasteiger charge is -2.32. The number of carbonyl (C=O) groups is 1. The number of likely N-dealkylation sites (N-methyl/N-ethyl adjacent to an activating group) is 1. The van der Waals surface area contributed by atoms with E-state index in [0.29, 0.717) is 0 Å². The van der Waals surface area contributed by atoms with Gasteiger partial charge in [0.25, 0.3) is 0 Å². The van der Waals surface area contributed by atoms with Crippen LogP contribution in [0.1, 0.15) is 24.0 Å². The zero-order valence-electron chi connectivity index (χ0n) is 16.8. The van der Waals surface area contributed by atoms with Gasteiger partial charge in [-0.1, -0.05) is 60.7 Å². The highest BCUT2D eigenvalue weighted by molar-refractivity contribution is 5.86. The first kappa shape index (κ1) is 19.2. The van der Waals surface area contributed by atoms with Crippen molar-refractivity contribution in [2.45, 2.75) is 18.3 Å². The zero-order chi connectivity index (χ0) is 19.4. The molecule has 2 aromatic rings. The van der Waals surface area contributed by atoms with Crippen LogP contribution in [0.15, 0.2) is 60.7 Å². The summed E-state index contributed by atoms with van der Waals surface area (Å²) in [5.74, 6) is 0.229. The van der Waals surface area contributed by atoms with Crippen LogP contribution in [0, 0.1) is 5.92 Å². The summed E-state index contributed by atoms with van der Waals surface area (Å²) < 4.78 is 0. The van der Waals surface area contributed by atoms with E-state index in [0.717, 1.165) is 52.1 Å². The van der Waals surface area contributed by atoms with E-state index in [2.05, 4.69) is 70.7 Å². The van der Waals surface area contributed by atoms with Crippen molar-refractivity contribution in [2.24, 2.45) is 5.92 Å². The summed E-state index contributed by atoms with van der Waals surface area (Å²) in [4.78, 5) is 17.8. The van der Waals surface area contributed by atoms with Crippen molar-refractivity contribution in [2.75, 3.05) is 46.3 Å². The van der Waals surface area contributed by atoms with Crippen molar-refractivity contribution in [1.29, 1.82) is 0 Å². The Balaban J connectivity index is 1.34. The van der Waals surface area contributed by atoms with Crippen LogP contribution < -0.4 is 5.32 Å². The van der Waals surface area contributed by atoms with Crippen LogP contribution in [-0.2, 0) is 10.2 Å². The lowest BCUT2D eigenvalue weighted by Crippen LogP contribution is -2.45. The number of nitrogens with one attached hydrogen (secondary N) is 1. The zero-order valence-corrected chi connectivity index (χ0v) is 16.8. The van der Waals surface area contributed by atoms with Gasteiger partial charge in [0.1, 0.15) is 0 Å². The highest BCUT2D eigenvalue weighted by Crippen LogP contribution is 2.58. The van der Waals surface area contributed by atoms with E-state index in [9.17, 15) is 4.79 Å². The fraction of sp³-hybridized carbons (Fsp3) is 0.458. The molecule has 0 bridgehead atoms. The number of rotatable bonds is 7. The molecule has 1 saturated carbocycles. The van der Waals surface area contributed by atoms with Crippen molar-refractivity contribution in [3.63, 3.8) is 0 Å². The predicted molar refractivity (Wildman–Crippen MR) is 113 cm³/mol. The molecule has 2 fully saturated rings. The molecule has 2 aliphatic rings. The van der Waals surface area contributed by atoms with Crippen LogP contribution >= 0.6 is 0 Å². The van der Waals surface area contributed by atoms with Crippen molar-refractivity contribution < 1.29 is 4.79 Å². The number of benzene rings is 2. The van der Waals surface area contributed by atoms with Gasteiger partial charge in [0.05, 0.1) is 5.92 Å². The van der Waals surface area contributed by atoms with Gasteiger partial charge in [0.2, 0.25) is 5.91 Å². The molecule has 4 rings (SSSR count). The third-order valence-corrected chi connectivity index (χ3v) is 6.40. The quantitative estimate of drug-likeness (QED) is 0.754. The van der Waals surface area contributed by atoms with Crippen LogP contribution in [0.4, 0.5) is 0 Å². The number of hydrogen-bond donors (Lipinski definition) is 1. The average Bonchev–Trinajstić information content (AvgIpc) is 3.51. The normalized spacial score (nSPS) is 22.0. The molecule has 1 heterocycles. The SMILES string of the molecule is CN1CCN(CCCNC(=O)C2CC2(c2ccccc2)c2ccccc2)CC1. The maximum absolute atomic E-state index is 12.9. The fourth-order valence-electron chi connectivity index (χ4n) is 4.56. The van der Waals surface area contributed by atoms with Crippen LogP contribution in [0.2, 0.25) is 0 Å². The Morgan fingerprint density at radius 3 is 2.11 bits per heavy atom. The molecule has 1 amide bonds. The highest BCUT2D eigenvalue weighted by Gasteiger charge is 2.59. The molecule has 0 spiro atoms. The number of nitrogens with zero attached hydrogens (tertiary/aromatic N) is 2. The molecule has 0 radical (unpaired) electrons. The van der Waals surface area contributed by atoms with Gasteiger partial charge in [-0.3, -0.25) is 4.79 Å². The van der Waals surface area contributed by atoms with Crippen LogP contribution in [0.25, 0.3) is 0 Å². The van der Waals surface area contributed by atoms with Gasteiger partial charge in [-0.25, -0.2) is 0 Å². The molecule has 1 atom stereocenters. The number of amides is 1. The van der Waals surface area contributed by atoms with E-state index in [4.69, 9.17) is 0 Å². The van der Waals surface area contributed by atoms with E-state index < -0.39 is 0 Å². The minimum Gasteiger partial charge on any atom is -0.356 e. The maximum Gasteiger partial charge on any atom is 0.224 e. The largest absolute Gasteiger partial charge is 0.356 e. The fourth-order valence-corrected chi connectivity index (χ4v) is 4.56. The van der Waals surface area contributed by atoms with E-state index in [1.54, 1.807) is 0 Å². The van der Waals surface area contributed by atoms with Gasteiger partial charge in [-0.05, 0) is 37.6 Å². The van der Waals surface area contributed by atoms with Crippen molar-refractivity contribution in [3.8, 4) is 0 Å². The van der Waals surface area contributed by atoms with Crippen molar-refractivity contribution in [1.82, 2.24) is 15.1 Å². The molecule has 4 nitrogen and oxygen atoms in total. The molecule has 2 aromatic carbocycles. The summed E-state index contributed by atoms with van der Waals surface area (Å²) in [6.45, 7) is 6.40. The number of hydrogen-bond acceptors (Lipinski definition) is 3. The first-order valence-electron chi connectivity index (χ1n) is 10.5. The van der Waals surface area contributed by atoms with Crippen LogP contribution in [0.5, 0.6) is 0 Å². The standard InChI is InChI=1S/C24H31N3O/c1-26-15-17-27(18-16-26)14-8-13-25-23(28)22-19-24(22,20-9-4-2-5-10-20)21-11-6-3-7-12-21/h2-7,9-12,22H,8,13-19H2,1H3,(H,25,28). The minimum atomic E-state index is -0.163. The Kier molecular flexibility index (Phi) is 5.79. The first-order valence-corrected chi connectivity index (χ1v) is 10.5. The van der Waals surface area contributed by atoms with Gasteiger partial charge in [0.15, 0.2) is 0 Å². The topological polar surface area (TPSA) is 35.6 Å². The summed E-state index contributed by atoms with van der Waals surface area (Å²) in [5.41, 5.74) is 2.34. The molecule has 1 aliphatic carbocycles. The molecule has 0 aromatic heterocycles. The Labute approximate surface area is 168 Å². The second-order valence-corrected chi connectivity index (χ2v) is 8.25. The Morgan fingerprint density at radius 2 is 1.54 bits per heavy atom. The molecule has 1 saturated heterocycles. The molecule has 28 heavy (non-hydrogen) atoms. The predicted octanol–water partition coefficient (Wildman–Crippen LogP) is 2.75. The van der Waals surface area contributed by atoms with Crippen molar-refractivity contribution in [3.05, 3.63) is 71.8 Å². The molecule has 148 valence electrons. The lowest BCUT2D eigenvalue weighted by molar-refractivity contribution is -0.122. The molecular formula is C24H31N3O. The highest BCUT2D eigenvalue weighted by atomic mass is 16.2. The van der Waals surface area contributed by atoms with E-state index in [1.165, 1.54) is 11.1 Å². The van der Waals surface area contributed by atoms with E-state index in [1.807, 2.05) is 12.1 Å². The van der Waals surface area contributed by atoms with Crippen molar-refractivity contribution >= 4 is 5.91 Å². The summed E-state index contributed by atoms with van der Waals surface area (Å²) in [6, 6.07) is 21.0. The number of carbonyl (C=O) groups excluding carboxylic acids is 1. The third-order valence-electron chi connectivity index (χ3n) is 6.40.